The number of amides is 1. The smallest absolute Gasteiger partial charge is 0.338 e. The van der Waals surface area contributed by atoms with Gasteiger partial charge in [0.15, 0.2) is 6.10 Å². The number of carbonyl (C=O) groups is 2. The van der Waals surface area contributed by atoms with Crippen molar-refractivity contribution < 1.29 is 22.7 Å². The molecule has 0 spiro atoms. The van der Waals surface area contributed by atoms with E-state index < -0.39 is 22.1 Å². The Labute approximate surface area is 196 Å². The molecular weight excluding hydrogens is 440 g/mol. The highest BCUT2D eigenvalue weighted by Crippen LogP contribution is 2.25. The fraction of sp³-hybridized carbons (Fsp3) is 0.440. The minimum Gasteiger partial charge on any atom is -0.449 e. The van der Waals surface area contributed by atoms with Gasteiger partial charge in [0.05, 0.1) is 10.5 Å². The molecule has 1 unspecified atom stereocenters. The van der Waals surface area contributed by atoms with Crippen LogP contribution in [0.2, 0.25) is 0 Å². The summed E-state index contributed by atoms with van der Waals surface area (Å²) in [7, 11) is -3.79. The van der Waals surface area contributed by atoms with E-state index in [0.29, 0.717) is 19.5 Å². The van der Waals surface area contributed by atoms with Crippen LogP contribution in [0.1, 0.15) is 56.1 Å². The van der Waals surface area contributed by atoms with Crippen LogP contribution in [0.25, 0.3) is 0 Å². The lowest BCUT2D eigenvalue weighted by atomic mass is 10.0. The van der Waals surface area contributed by atoms with E-state index in [0.717, 1.165) is 11.1 Å². The molecule has 8 heteroatoms. The number of hydrogen-bond donors (Lipinski definition) is 0. The van der Waals surface area contributed by atoms with E-state index in [9.17, 15) is 18.0 Å². The topological polar surface area (TPSA) is 84.0 Å². The standard InChI is InChI=1S/C25H32N2O5S/c1-17(2)27(18(3)4)24(28)19(5)32-25(29)21-11-8-12-23(15-21)33(30,31)26-14-13-20-9-6-7-10-22(20)16-26/h6-12,15,17-19H,13-14,16H2,1-5H3. The summed E-state index contributed by atoms with van der Waals surface area (Å²) in [4.78, 5) is 27.2. The SMILES string of the molecule is CC(OC(=O)c1cccc(S(=O)(=O)N2CCc3ccccc3C2)c1)C(=O)N(C(C)C)C(C)C. The van der Waals surface area contributed by atoms with Crippen LogP contribution >= 0.6 is 0 Å². The molecule has 0 radical (unpaired) electrons. The molecule has 0 aromatic heterocycles. The normalized spacial score (nSPS) is 15.2. The average molecular weight is 473 g/mol. The molecule has 1 atom stereocenters. The van der Waals surface area contributed by atoms with Crippen molar-refractivity contribution in [1.29, 1.82) is 0 Å². The second kappa shape index (κ2) is 10.1. The third-order valence-corrected chi connectivity index (χ3v) is 7.64. The summed E-state index contributed by atoms with van der Waals surface area (Å²) in [5, 5.41) is 0. The first kappa shape index (κ1) is 24.9. The third-order valence-electron chi connectivity index (χ3n) is 5.80. The number of carbonyl (C=O) groups excluding carboxylic acids is 2. The van der Waals surface area contributed by atoms with Crippen LogP contribution in [0, 0.1) is 0 Å². The Kier molecular flexibility index (Phi) is 7.59. The zero-order chi connectivity index (χ0) is 24.3. The summed E-state index contributed by atoms with van der Waals surface area (Å²) in [5.74, 6) is -1.02. The number of rotatable bonds is 7. The average Bonchev–Trinajstić information content (AvgIpc) is 2.78. The quantitative estimate of drug-likeness (QED) is 0.575. The van der Waals surface area contributed by atoms with Crippen LogP contribution in [-0.4, -0.2) is 54.2 Å². The van der Waals surface area contributed by atoms with Crippen molar-refractivity contribution in [2.45, 2.75) is 70.7 Å². The number of ether oxygens (including phenoxy) is 1. The molecule has 1 heterocycles. The molecule has 1 amide bonds. The van der Waals surface area contributed by atoms with Crippen molar-refractivity contribution >= 4 is 21.9 Å². The molecule has 33 heavy (non-hydrogen) atoms. The molecule has 0 fully saturated rings. The molecule has 7 nitrogen and oxygen atoms in total. The van der Waals surface area contributed by atoms with Gasteiger partial charge in [0.2, 0.25) is 10.0 Å². The van der Waals surface area contributed by atoms with Crippen LogP contribution in [0.4, 0.5) is 0 Å². The zero-order valence-corrected chi connectivity index (χ0v) is 20.6. The van der Waals surface area contributed by atoms with Crippen molar-refractivity contribution in [1.82, 2.24) is 9.21 Å². The number of fused-ring (bicyclic) bond motifs is 1. The van der Waals surface area contributed by atoms with E-state index in [1.54, 1.807) is 4.90 Å². The second-order valence-electron chi connectivity index (χ2n) is 8.87. The van der Waals surface area contributed by atoms with Crippen LogP contribution in [0.3, 0.4) is 0 Å². The molecular formula is C25H32N2O5S. The fourth-order valence-corrected chi connectivity index (χ4v) is 5.67. The Morgan fingerprint density at radius 3 is 2.21 bits per heavy atom. The Balaban J connectivity index is 1.76. The Bertz CT molecular complexity index is 1120. The maximum absolute atomic E-state index is 13.3. The monoisotopic (exact) mass is 472 g/mol. The van der Waals surface area contributed by atoms with Crippen LogP contribution in [0.5, 0.6) is 0 Å². The molecule has 0 saturated heterocycles. The van der Waals surface area contributed by atoms with E-state index in [4.69, 9.17) is 4.74 Å². The lowest BCUT2D eigenvalue weighted by Gasteiger charge is -2.32. The van der Waals surface area contributed by atoms with Gasteiger partial charge in [-0.05, 0) is 70.4 Å². The number of benzene rings is 2. The molecule has 0 aliphatic carbocycles. The van der Waals surface area contributed by atoms with E-state index in [1.807, 2.05) is 52.0 Å². The summed E-state index contributed by atoms with van der Waals surface area (Å²) in [5.41, 5.74) is 2.22. The molecule has 1 aliphatic heterocycles. The molecule has 0 N–H and O–H groups in total. The van der Waals surface area contributed by atoms with E-state index in [1.165, 1.54) is 35.5 Å². The molecule has 3 rings (SSSR count). The maximum atomic E-state index is 13.3. The van der Waals surface area contributed by atoms with Gasteiger partial charge in [-0.1, -0.05) is 30.3 Å². The highest BCUT2D eigenvalue weighted by atomic mass is 32.2. The van der Waals surface area contributed by atoms with Gasteiger partial charge in [0, 0.05) is 25.2 Å². The zero-order valence-electron chi connectivity index (χ0n) is 19.8. The molecule has 0 bridgehead atoms. The summed E-state index contributed by atoms with van der Waals surface area (Å²) in [6.07, 6.45) is -0.347. The van der Waals surface area contributed by atoms with Crippen molar-refractivity contribution in [3.8, 4) is 0 Å². The Morgan fingerprint density at radius 2 is 1.58 bits per heavy atom. The lowest BCUT2D eigenvalue weighted by molar-refractivity contribution is -0.143. The van der Waals surface area contributed by atoms with Gasteiger partial charge in [-0.15, -0.1) is 0 Å². The van der Waals surface area contributed by atoms with Gasteiger partial charge < -0.3 is 9.64 Å². The van der Waals surface area contributed by atoms with Gasteiger partial charge in [-0.25, -0.2) is 13.2 Å². The van der Waals surface area contributed by atoms with Gasteiger partial charge in [-0.2, -0.15) is 4.31 Å². The molecule has 2 aromatic carbocycles. The first-order valence-corrected chi connectivity index (χ1v) is 12.7. The number of nitrogens with zero attached hydrogens (tertiary/aromatic N) is 2. The first-order chi connectivity index (χ1) is 15.5. The van der Waals surface area contributed by atoms with Crippen molar-refractivity contribution in [2.75, 3.05) is 6.54 Å². The first-order valence-electron chi connectivity index (χ1n) is 11.2. The van der Waals surface area contributed by atoms with Crippen molar-refractivity contribution in [3.05, 3.63) is 65.2 Å². The van der Waals surface area contributed by atoms with Crippen LogP contribution in [0.15, 0.2) is 53.4 Å². The Hall–Kier alpha value is -2.71. The lowest BCUT2D eigenvalue weighted by Crippen LogP contribution is -2.47. The van der Waals surface area contributed by atoms with Gasteiger partial charge >= 0.3 is 5.97 Å². The van der Waals surface area contributed by atoms with E-state index in [-0.39, 0.29) is 28.4 Å². The highest BCUT2D eigenvalue weighted by molar-refractivity contribution is 7.89. The van der Waals surface area contributed by atoms with Gasteiger partial charge in [-0.3, -0.25) is 4.79 Å². The number of esters is 1. The number of sulfonamides is 1. The predicted octanol–water partition coefficient (Wildman–Crippen LogP) is 3.62. The van der Waals surface area contributed by atoms with Crippen LogP contribution < -0.4 is 0 Å². The number of hydrogen-bond acceptors (Lipinski definition) is 5. The second-order valence-corrected chi connectivity index (χ2v) is 10.8. The summed E-state index contributed by atoms with van der Waals surface area (Å²) < 4.78 is 33.3. The summed E-state index contributed by atoms with van der Waals surface area (Å²) >= 11 is 0. The third kappa shape index (κ3) is 5.45. The largest absolute Gasteiger partial charge is 0.449 e. The van der Waals surface area contributed by atoms with E-state index >= 15 is 0 Å². The highest BCUT2D eigenvalue weighted by Gasteiger charge is 2.30. The molecule has 178 valence electrons. The minimum atomic E-state index is -3.79. The molecule has 1 aliphatic rings. The maximum Gasteiger partial charge on any atom is 0.338 e. The predicted molar refractivity (Wildman–Crippen MR) is 126 cm³/mol. The Morgan fingerprint density at radius 1 is 0.939 bits per heavy atom. The van der Waals surface area contributed by atoms with Crippen LogP contribution in [-0.2, 0) is 32.5 Å². The van der Waals surface area contributed by atoms with Crippen molar-refractivity contribution in [3.63, 3.8) is 0 Å². The van der Waals surface area contributed by atoms with E-state index in [2.05, 4.69) is 0 Å². The molecule has 2 aromatic rings. The van der Waals surface area contributed by atoms with Gasteiger partial charge in [0.25, 0.3) is 5.91 Å². The summed E-state index contributed by atoms with van der Waals surface area (Å²) in [6, 6.07) is 13.5. The fourth-order valence-electron chi connectivity index (χ4n) is 4.20. The van der Waals surface area contributed by atoms with Gasteiger partial charge in [0.1, 0.15) is 0 Å². The molecule has 0 saturated carbocycles. The summed E-state index contributed by atoms with van der Waals surface area (Å²) in [6.45, 7) is 9.81. The van der Waals surface area contributed by atoms with Crippen molar-refractivity contribution in [2.24, 2.45) is 0 Å². The minimum absolute atomic E-state index is 0.0290.